The molecule has 6 nitrogen and oxygen atoms in total. The van der Waals surface area contributed by atoms with Crippen LogP contribution in [-0.2, 0) is 20.0 Å². The summed E-state index contributed by atoms with van der Waals surface area (Å²) in [4.78, 5) is 17.0. The molecule has 0 fully saturated rings. The second kappa shape index (κ2) is 7.55. The Kier molecular flexibility index (Phi) is 5.06. The quantitative estimate of drug-likeness (QED) is 0.549. The van der Waals surface area contributed by atoms with Gasteiger partial charge in [-0.2, -0.15) is 0 Å². The van der Waals surface area contributed by atoms with Crippen molar-refractivity contribution in [1.82, 2.24) is 5.32 Å². The molecular formula is C19H27FIN3O3S. The lowest BCUT2D eigenvalue weighted by Crippen LogP contribution is -2.57. The van der Waals surface area contributed by atoms with E-state index in [0.29, 0.717) is 0 Å². The third-order valence-corrected chi connectivity index (χ3v) is 8.19. The lowest BCUT2D eigenvalue weighted by molar-refractivity contribution is 0.0560. The summed E-state index contributed by atoms with van der Waals surface area (Å²) in [7, 11) is -3.56. The topological polar surface area (TPSA) is 80.1 Å². The van der Waals surface area contributed by atoms with Crippen LogP contribution in [0.2, 0.25) is 0 Å². The predicted octanol–water partition coefficient (Wildman–Crippen LogP) is 4.46. The molecule has 1 heterocycles. The molecular weight excluding hydrogens is 496 g/mol. The second-order valence-corrected chi connectivity index (χ2v) is 12.4. The Morgan fingerprint density at radius 1 is 1.43 bits per heavy atom. The van der Waals surface area contributed by atoms with Gasteiger partial charge in [0.25, 0.3) is 0 Å². The van der Waals surface area contributed by atoms with Gasteiger partial charge in [0.1, 0.15) is 27.5 Å². The van der Waals surface area contributed by atoms with E-state index in [1.165, 1.54) is 19.9 Å². The van der Waals surface area contributed by atoms with E-state index < -0.39 is 44.5 Å². The standard InChI is InChI=1S/C19H27FIN3O3S/c1-17(2,3)27-16(25)23-15-18(4,5)28(26,22-7)11-19(6,24-15)13-10-12(21)8-9-14(13)20/h8-10H,11H2,1-7H3,(H,23,24,25)/t19-,28+/m0/s1/i7D3. The molecule has 0 spiro atoms. The number of rotatable bonds is 1. The summed E-state index contributed by atoms with van der Waals surface area (Å²) in [5.74, 6) is -0.993. The second-order valence-electron chi connectivity index (χ2n) is 8.37. The first-order valence-electron chi connectivity index (χ1n) is 10.1. The van der Waals surface area contributed by atoms with Gasteiger partial charge in [0.2, 0.25) is 0 Å². The number of nitrogens with one attached hydrogen (secondary N) is 1. The number of alkyl carbamates (subject to hydrolysis) is 1. The minimum absolute atomic E-state index is 0.0771. The van der Waals surface area contributed by atoms with Gasteiger partial charge >= 0.3 is 6.09 Å². The number of amidine groups is 1. The molecule has 156 valence electrons. The molecule has 1 aliphatic rings. The summed E-state index contributed by atoms with van der Waals surface area (Å²) in [5.41, 5.74) is -2.11. The smallest absolute Gasteiger partial charge is 0.413 e. The number of hydrogen-bond acceptors (Lipinski definition) is 5. The van der Waals surface area contributed by atoms with E-state index in [1.807, 2.05) is 22.6 Å². The third-order valence-electron chi connectivity index (χ3n) is 4.48. The average molecular weight is 526 g/mol. The maximum absolute atomic E-state index is 14.8. The summed E-state index contributed by atoms with van der Waals surface area (Å²) in [5, 5.41) is 2.51. The van der Waals surface area contributed by atoms with Crippen LogP contribution in [0.3, 0.4) is 0 Å². The van der Waals surface area contributed by atoms with E-state index in [9.17, 15) is 13.4 Å². The molecule has 1 aromatic carbocycles. The zero-order valence-corrected chi connectivity index (χ0v) is 19.7. The van der Waals surface area contributed by atoms with Crippen molar-refractivity contribution in [3.63, 3.8) is 0 Å². The third kappa shape index (κ3) is 4.50. The molecule has 9 heteroatoms. The van der Waals surface area contributed by atoms with E-state index in [0.717, 1.165) is 3.57 Å². The number of carbonyl (C=O) groups is 1. The molecule has 2 rings (SSSR count). The van der Waals surface area contributed by atoms with E-state index in [4.69, 9.17) is 8.85 Å². The largest absolute Gasteiger partial charge is 0.444 e. The lowest BCUT2D eigenvalue weighted by Gasteiger charge is -2.41. The van der Waals surface area contributed by atoms with Gasteiger partial charge in [-0.15, -0.1) is 0 Å². The number of benzene rings is 1. The Labute approximate surface area is 184 Å². The molecule has 1 amide bonds. The fourth-order valence-electron chi connectivity index (χ4n) is 2.90. The molecule has 0 unspecified atom stereocenters. The van der Waals surface area contributed by atoms with Crippen LogP contribution in [-0.4, -0.2) is 39.2 Å². The van der Waals surface area contributed by atoms with Crippen molar-refractivity contribution in [2.75, 3.05) is 12.7 Å². The van der Waals surface area contributed by atoms with Crippen molar-refractivity contribution in [2.45, 2.75) is 57.4 Å². The minimum atomic E-state index is -3.56. The van der Waals surface area contributed by atoms with Crippen LogP contribution in [0.5, 0.6) is 0 Å². The van der Waals surface area contributed by atoms with Gasteiger partial charge in [-0.25, -0.2) is 17.8 Å². The molecule has 1 aromatic rings. The van der Waals surface area contributed by atoms with Gasteiger partial charge in [0.15, 0.2) is 0 Å². The van der Waals surface area contributed by atoms with Crippen LogP contribution in [0.1, 0.15) is 51.2 Å². The number of amides is 1. The number of halogens is 2. The molecule has 1 aliphatic heterocycles. The van der Waals surface area contributed by atoms with E-state index in [-0.39, 0.29) is 17.2 Å². The van der Waals surface area contributed by atoms with Gasteiger partial charge in [-0.3, -0.25) is 10.3 Å². The van der Waals surface area contributed by atoms with Crippen LogP contribution in [0, 0.1) is 9.39 Å². The molecule has 0 saturated heterocycles. The SMILES string of the molecule is [2H]C([2H])([2H])N=[S@@]1(=O)C[C@@](C)(c2cc(I)ccc2F)N=C(NC(=O)OC(C)(C)C)C1(C)C. The number of aliphatic imine (C=N–C) groups is 1. The molecule has 28 heavy (non-hydrogen) atoms. The normalized spacial score (nSPS) is 29.0. The van der Waals surface area contributed by atoms with Crippen molar-refractivity contribution >= 4 is 44.2 Å². The van der Waals surface area contributed by atoms with Crippen molar-refractivity contribution in [1.29, 1.82) is 0 Å². The average Bonchev–Trinajstić information content (AvgIpc) is 2.51. The number of ether oxygens (including phenoxy) is 1. The number of hydrogen-bond donors (Lipinski definition) is 1. The van der Waals surface area contributed by atoms with Crippen LogP contribution >= 0.6 is 22.6 Å². The Morgan fingerprint density at radius 3 is 2.64 bits per heavy atom. The first kappa shape index (κ1) is 18.8. The highest BCUT2D eigenvalue weighted by Crippen LogP contribution is 2.39. The summed E-state index contributed by atoms with van der Waals surface area (Å²) >= 11 is 2.01. The van der Waals surface area contributed by atoms with Gasteiger partial charge in [-0.1, -0.05) is 0 Å². The summed E-state index contributed by atoms with van der Waals surface area (Å²) in [6, 6.07) is 4.39. The fraction of sp³-hybridized carbons (Fsp3) is 0.579. The van der Waals surface area contributed by atoms with Crippen LogP contribution in [0.25, 0.3) is 0 Å². The maximum Gasteiger partial charge on any atom is 0.413 e. The van der Waals surface area contributed by atoms with Gasteiger partial charge in [0.05, 0.1) is 15.5 Å². The van der Waals surface area contributed by atoms with Crippen molar-refractivity contribution in [3.8, 4) is 0 Å². The maximum atomic E-state index is 14.8. The summed E-state index contributed by atoms with van der Waals surface area (Å²) in [6.45, 7) is 6.71. The molecule has 0 bridgehead atoms. The lowest BCUT2D eigenvalue weighted by atomic mass is 9.93. The summed E-state index contributed by atoms with van der Waals surface area (Å²) < 4.78 is 59.7. The Hall–Kier alpha value is -1.23. The van der Waals surface area contributed by atoms with Crippen LogP contribution < -0.4 is 5.32 Å². The van der Waals surface area contributed by atoms with Crippen molar-refractivity contribution < 1.29 is 22.2 Å². The Bertz CT molecular complexity index is 1040. The molecule has 1 N–H and O–H groups in total. The van der Waals surface area contributed by atoms with E-state index in [1.54, 1.807) is 39.8 Å². The highest BCUT2D eigenvalue weighted by molar-refractivity contribution is 14.1. The first-order valence-corrected chi connectivity index (χ1v) is 11.4. The highest BCUT2D eigenvalue weighted by Gasteiger charge is 2.49. The van der Waals surface area contributed by atoms with Gasteiger partial charge in [0, 0.05) is 20.2 Å². The molecule has 0 aromatic heterocycles. The van der Waals surface area contributed by atoms with Crippen molar-refractivity contribution in [3.05, 3.63) is 33.1 Å². The fourth-order valence-corrected chi connectivity index (χ4v) is 5.43. The molecule has 0 radical (unpaired) electrons. The van der Waals surface area contributed by atoms with Crippen LogP contribution in [0.15, 0.2) is 27.6 Å². The molecule has 2 atom stereocenters. The highest BCUT2D eigenvalue weighted by atomic mass is 127. The zero-order chi connectivity index (χ0) is 24.0. The minimum Gasteiger partial charge on any atom is -0.444 e. The Balaban J connectivity index is 2.75. The molecule has 0 aliphatic carbocycles. The number of nitrogens with zero attached hydrogens (tertiary/aromatic N) is 2. The van der Waals surface area contributed by atoms with E-state index >= 15 is 0 Å². The predicted molar refractivity (Wildman–Crippen MR) is 119 cm³/mol. The zero-order valence-electron chi connectivity index (χ0n) is 19.7. The van der Waals surface area contributed by atoms with Crippen LogP contribution in [0.4, 0.5) is 9.18 Å². The van der Waals surface area contributed by atoms with Gasteiger partial charge in [-0.05, 0) is 82.3 Å². The first-order chi connectivity index (χ1) is 13.8. The van der Waals surface area contributed by atoms with E-state index in [2.05, 4.69) is 14.7 Å². The molecule has 0 saturated carbocycles. The van der Waals surface area contributed by atoms with Gasteiger partial charge < -0.3 is 4.74 Å². The number of carbonyl (C=O) groups excluding carboxylic acids is 1. The Morgan fingerprint density at radius 2 is 2.07 bits per heavy atom. The monoisotopic (exact) mass is 526 g/mol. The van der Waals surface area contributed by atoms with Crippen molar-refractivity contribution in [2.24, 2.45) is 9.36 Å². The summed E-state index contributed by atoms with van der Waals surface area (Å²) in [6.07, 6.45) is -0.845.